The Morgan fingerprint density at radius 3 is 2.23 bits per heavy atom. The van der Waals surface area contributed by atoms with Crippen molar-refractivity contribution < 1.29 is 4.42 Å². The number of hydrogen-bond acceptors (Lipinski definition) is 5. The lowest BCUT2D eigenvalue weighted by Gasteiger charge is -2.02. The molecule has 0 fully saturated rings. The molecule has 30 heavy (non-hydrogen) atoms. The third kappa shape index (κ3) is 3.20. The molecule has 8 heteroatoms. The van der Waals surface area contributed by atoms with E-state index in [0.717, 1.165) is 22.2 Å². The highest BCUT2D eigenvalue weighted by molar-refractivity contribution is 6.39. The summed E-state index contributed by atoms with van der Waals surface area (Å²) in [5, 5.41) is 18.2. The molecule has 0 radical (unpaired) electrons. The monoisotopic (exact) mass is 431 g/mol. The van der Waals surface area contributed by atoms with Gasteiger partial charge in [0.25, 0.3) is 0 Å². The van der Waals surface area contributed by atoms with Crippen LogP contribution in [-0.2, 0) is 0 Å². The number of hydrogen-bond donors (Lipinski definition) is 1. The molecule has 6 nitrogen and oxygen atoms in total. The molecule has 0 atom stereocenters. The van der Waals surface area contributed by atoms with Crippen LogP contribution in [0.4, 0.5) is 0 Å². The van der Waals surface area contributed by atoms with Crippen LogP contribution < -0.4 is 0 Å². The van der Waals surface area contributed by atoms with Gasteiger partial charge in [0.2, 0.25) is 11.8 Å². The van der Waals surface area contributed by atoms with E-state index in [1.807, 2.05) is 18.2 Å². The van der Waals surface area contributed by atoms with Crippen LogP contribution in [0.1, 0.15) is 5.56 Å². The summed E-state index contributed by atoms with van der Waals surface area (Å²) in [6.07, 6.45) is 0. The third-order valence-corrected chi connectivity index (χ3v) is 5.24. The van der Waals surface area contributed by atoms with E-state index in [1.54, 1.807) is 42.5 Å². The highest BCUT2D eigenvalue weighted by Crippen LogP contribution is 2.34. The Bertz CT molecular complexity index is 1410. The van der Waals surface area contributed by atoms with Gasteiger partial charge < -0.3 is 9.40 Å². The van der Waals surface area contributed by atoms with Crippen molar-refractivity contribution in [2.45, 2.75) is 0 Å². The molecule has 0 saturated heterocycles. The number of halogens is 2. The van der Waals surface area contributed by atoms with Crippen molar-refractivity contribution in [2.75, 3.05) is 0 Å². The number of aromatic nitrogens is 4. The Morgan fingerprint density at radius 2 is 1.53 bits per heavy atom. The Morgan fingerprint density at radius 1 is 0.867 bits per heavy atom. The fraction of sp³-hybridized carbons (Fsp3) is 0. The summed E-state index contributed by atoms with van der Waals surface area (Å²) in [6.45, 7) is 0. The van der Waals surface area contributed by atoms with Crippen LogP contribution in [0, 0.1) is 11.3 Å². The summed E-state index contributed by atoms with van der Waals surface area (Å²) in [4.78, 5) is 7.85. The highest BCUT2D eigenvalue weighted by Gasteiger charge is 2.15. The maximum atomic E-state index is 8.92. The number of benzene rings is 3. The van der Waals surface area contributed by atoms with Gasteiger partial charge in [-0.1, -0.05) is 29.3 Å². The Kier molecular flexibility index (Phi) is 4.47. The number of rotatable bonds is 3. The van der Waals surface area contributed by atoms with Gasteiger partial charge in [-0.05, 0) is 54.6 Å². The van der Waals surface area contributed by atoms with E-state index in [-0.39, 0.29) is 0 Å². The van der Waals surface area contributed by atoms with E-state index in [4.69, 9.17) is 32.9 Å². The SMILES string of the molecule is N#Cc1ccc(-c2nnc(-c3ccc4nc(-c5c(Cl)cccc5Cl)[nH]c4c3)o2)cc1. The molecule has 144 valence electrons. The molecule has 2 aromatic heterocycles. The van der Waals surface area contributed by atoms with Gasteiger partial charge in [0.15, 0.2) is 0 Å². The van der Waals surface area contributed by atoms with Crippen LogP contribution in [0.5, 0.6) is 0 Å². The quantitative estimate of drug-likeness (QED) is 0.371. The molecular weight excluding hydrogens is 421 g/mol. The van der Waals surface area contributed by atoms with Gasteiger partial charge in [0.05, 0.1) is 38.3 Å². The molecule has 5 aromatic rings. The van der Waals surface area contributed by atoms with Crippen molar-refractivity contribution in [3.63, 3.8) is 0 Å². The van der Waals surface area contributed by atoms with Crippen molar-refractivity contribution in [3.8, 4) is 40.4 Å². The number of nitrogens with zero attached hydrogens (tertiary/aromatic N) is 4. The molecule has 3 aromatic carbocycles. The van der Waals surface area contributed by atoms with Gasteiger partial charge >= 0.3 is 0 Å². The van der Waals surface area contributed by atoms with Crippen LogP contribution >= 0.6 is 23.2 Å². The van der Waals surface area contributed by atoms with Gasteiger partial charge in [0, 0.05) is 11.1 Å². The van der Waals surface area contributed by atoms with Gasteiger partial charge in [-0.25, -0.2) is 4.98 Å². The van der Waals surface area contributed by atoms with Crippen LogP contribution in [0.25, 0.3) is 45.3 Å². The lowest BCUT2D eigenvalue weighted by molar-refractivity contribution is 0.584. The Hall–Kier alpha value is -3.66. The fourth-order valence-electron chi connectivity index (χ4n) is 3.13. The van der Waals surface area contributed by atoms with E-state index >= 15 is 0 Å². The zero-order chi connectivity index (χ0) is 20.7. The zero-order valence-electron chi connectivity index (χ0n) is 15.2. The van der Waals surface area contributed by atoms with Crippen LogP contribution in [0.3, 0.4) is 0 Å². The first-order chi connectivity index (χ1) is 14.6. The summed E-state index contributed by atoms with van der Waals surface area (Å²) in [7, 11) is 0. The summed E-state index contributed by atoms with van der Waals surface area (Å²) in [5.41, 5.74) is 4.26. The lowest BCUT2D eigenvalue weighted by Crippen LogP contribution is -1.83. The summed E-state index contributed by atoms with van der Waals surface area (Å²) in [6, 6.07) is 20.0. The van der Waals surface area contributed by atoms with Crippen molar-refractivity contribution in [1.82, 2.24) is 20.2 Å². The molecule has 5 rings (SSSR count). The minimum Gasteiger partial charge on any atom is -0.416 e. The zero-order valence-corrected chi connectivity index (χ0v) is 16.7. The average Bonchev–Trinajstić information content (AvgIpc) is 3.40. The van der Waals surface area contributed by atoms with Crippen LogP contribution in [0.2, 0.25) is 10.0 Å². The molecule has 0 aliphatic heterocycles. The van der Waals surface area contributed by atoms with E-state index in [0.29, 0.717) is 38.8 Å². The third-order valence-electron chi connectivity index (χ3n) is 4.61. The summed E-state index contributed by atoms with van der Waals surface area (Å²) < 4.78 is 5.83. The highest BCUT2D eigenvalue weighted by atomic mass is 35.5. The van der Waals surface area contributed by atoms with Crippen molar-refractivity contribution in [1.29, 1.82) is 5.26 Å². The lowest BCUT2D eigenvalue weighted by atomic mass is 10.1. The molecule has 2 heterocycles. The number of nitrogens with one attached hydrogen (secondary N) is 1. The van der Waals surface area contributed by atoms with Crippen molar-refractivity contribution >= 4 is 34.2 Å². The number of imidazole rings is 1. The van der Waals surface area contributed by atoms with Crippen molar-refractivity contribution in [3.05, 3.63) is 76.3 Å². The van der Waals surface area contributed by atoms with Gasteiger partial charge in [-0.2, -0.15) is 5.26 Å². The van der Waals surface area contributed by atoms with Gasteiger partial charge in [-0.15, -0.1) is 10.2 Å². The molecule has 1 N–H and O–H groups in total. The molecule has 0 bridgehead atoms. The number of H-pyrrole nitrogens is 1. The fourth-order valence-corrected chi connectivity index (χ4v) is 3.71. The first-order valence-corrected chi connectivity index (χ1v) is 9.66. The second kappa shape index (κ2) is 7.30. The summed E-state index contributed by atoms with van der Waals surface area (Å²) in [5.74, 6) is 1.34. The standard InChI is InChI=1S/C22H11Cl2N5O/c23-15-2-1-3-16(24)19(15)20-26-17-9-8-14(10-18(17)27-20)22-29-28-21(30-22)13-6-4-12(11-25)5-7-13/h1-10H,(H,26,27). The van der Waals surface area contributed by atoms with Gasteiger partial charge in [0.1, 0.15) is 5.82 Å². The van der Waals surface area contributed by atoms with Crippen molar-refractivity contribution in [2.24, 2.45) is 0 Å². The minimum absolute atomic E-state index is 0.378. The van der Waals surface area contributed by atoms with E-state index in [2.05, 4.69) is 26.2 Å². The molecular formula is C22H11Cl2N5O. The number of aromatic amines is 1. The molecule has 0 saturated carbocycles. The predicted molar refractivity (Wildman–Crippen MR) is 115 cm³/mol. The molecule has 0 amide bonds. The maximum absolute atomic E-state index is 8.92. The Balaban J connectivity index is 1.51. The predicted octanol–water partition coefficient (Wildman–Crippen LogP) is 6.13. The topological polar surface area (TPSA) is 91.4 Å². The van der Waals surface area contributed by atoms with Gasteiger partial charge in [-0.3, -0.25) is 0 Å². The normalized spacial score (nSPS) is 11.0. The molecule has 0 unspecified atom stereocenters. The largest absolute Gasteiger partial charge is 0.416 e. The van der Waals surface area contributed by atoms with Crippen LogP contribution in [-0.4, -0.2) is 20.2 Å². The van der Waals surface area contributed by atoms with Crippen LogP contribution in [0.15, 0.2) is 65.1 Å². The summed E-state index contributed by atoms with van der Waals surface area (Å²) >= 11 is 12.6. The molecule has 0 aliphatic carbocycles. The average molecular weight is 432 g/mol. The van der Waals surface area contributed by atoms with E-state index in [9.17, 15) is 0 Å². The van der Waals surface area contributed by atoms with E-state index < -0.39 is 0 Å². The Labute approximate surface area is 180 Å². The second-order valence-corrected chi connectivity index (χ2v) is 7.33. The number of nitriles is 1. The van der Waals surface area contributed by atoms with E-state index in [1.165, 1.54) is 0 Å². The minimum atomic E-state index is 0.378. The second-order valence-electron chi connectivity index (χ2n) is 6.52. The smallest absolute Gasteiger partial charge is 0.248 e. The number of fused-ring (bicyclic) bond motifs is 1. The molecule has 0 spiro atoms. The first-order valence-electron chi connectivity index (χ1n) is 8.91. The maximum Gasteiger partial charge on any atom is 0.248 e. The molecule has 0 aliphatic rings. The first kappa shape index (κ1) is 18.4.